The summed E-state index contributed by atoms with van der Waals surface area (Å²) in [6.45, 7) is 2.18. The van der Waals surface area contributed by atoms with Gasteiger partial charge in [-0.1, -0.05) is 12.1 Å². The third kappa shape index (κ3) is 2.69. The zero-order valence-corrected chi connectivity index (χ0v) is 11.5. The summed E-state index contributed by atoms with van der Waals surface area (Å²) in [5, 5.41) is 5.63. The van der Waals surface area contributed by atoms with Crippen LogP contribution in [0.25, 0.3) is 5.69 Å². The Labute approximate surface area is 116 Å². The van der Waals surface area contributed by atoms with Crippen LogP contribution in [0.3, 0.4) is 0 Å². The van der Waals surface area contributed by atoms with Gasteiger partial charge in [0, 0.05) is 28.6 Å². The number of rotatable bonds is 4. The fourth-order valence-electron chi connectivity index (χ4n) is 2.03. The highest BCUT2D eigenvalue weighted by Gasteiger charge is 2.06. The van der Waals surface area contributed by atoms with Gasteiger partial charge in [0.2, 0.25) is 0 Å². The minimum absolute atomic E-state index is 0.318. The zero-order chi connectivity index (χ0) is 13.1. The molecule has 1 N–H and O–H groups in total. The van der Waals surface area contributed by atoms with Crippen molar-refractivity contribution in [3.8, 4) is 5.69 Å². The Morgan fingerprint density at radius 1 is 1.26 bits per heavy atom. The molecule has 1 atom stereocenters. The first-order valence-electron chi connectivity index (χ1n) is 6.21. The molecule has 0 aliphatic carbocycles. The molecular formula is C15H15N3S. The molecule has 0 spiro atoms. The lowest BCUT2D eigenvalue weighted by atomic mass is 10.2. The van der Waals surface area contributed by atoms with Crippen molar-refractivity contribution in [1.29, 1.82) is 0 Å². The molecule has 96 valence electrons. The van der Waals surface area contributed by atoms with E-state index >= 15 is 0 Å². The Balaban J connectivity index is 1.80. The van der Waals surface area contributed by atoms with Crippen LogP contribution < -0.4 is 5.32 Å². The quantitative estimate of drug-likeness (QED) is 0.772. The molecule has 0 saturated carbocycles. The van der Waals surface area contributed by atoms with Crippen molar-refractivity contribution >= 4 is 17.0 Å². The number of anilines is 1. The third-order valence-electron chi connectivity index (χ3n) is 3.00. The van der Waals surface area contributed by atoms with E-state index in [0.717, 1.165) is 11.4 Å². The van der Waals surface area contributed by atoms with Gasteiger partial charge in [-0.15, -0.1) is 11.3 Å². The number of thiophene rings is 1. The van der Waals surface area contributed by atoms with Crippen LogP contribution in [0.5, 0.6) is 0 Å². The van der Waals surface area contributed by atoms with E-state index in [1.54, 1.807) is 17.5 Å². The average molecular weight is 269 g/mol. The minimum atomic E-state index is 0.318. The Hall–Kier alpha value is -2.07. The maximum atomic E-state index is 4.07. The standard InChI is InChI=1S/C15H15N3S/c1-12(15-6-3-9-19-15)17-13-4-2-5-14(10-13)18-8-7-16-11-18/h2-12,17H,1H3. The molecule has 4 heteroatoms. The second kappa shape index (κ2) is 5.28. The highest BCUT2D eigenvalue weighted by atomic mass is 32.1. The van der Waals surface area contributed by atoms with Gasteiger partial charge in [-0.25, -0.2) is 4.98 Å². The minimum Gasteiger partial charge on any atom is -0.378 e. The van der Waals surface area contributed by atoms with Crippen LogP contribution >= 0.6 is 11.3 Å². The van der Waals surface area contributed by atoms with E-state index in [4.69, 9.17) is 0 Å². The van der Waals surface area contributed by atoms with Gasteiger partial charge in [-0.05, 0) is 36.6 Å². The predicted octanol–water partition coefficient (Wildman–Crippen LogP) is 4.11. The van der Waals surface area contributed by atoms with Crippen LogP contribution in [-0.2, 0) is 0 Å². The molecule has 3 rings (SSSR count). The lowest BCUT2D eigenvalue weighted by Gasteiger charge is -2.14. The molecule has 3 nitrogen and oxygen atoms in total. The van der Waals surface area contributed by atoms with Crippen LogP contribution in [0.1, 0.15) is 17.8 Å². The van der Waals surface area contributed by atoms with Crippen molar-refractivity contribution in [3.63, 3.8) is 0 Å². The van der Waals surface area contributed by atoms with Crippen LogP contribution in [0.4, 0.5) is 5.69 Å². The number of benzene rings is 1. The number of nitrogens with zero attached hydrogens (tertiary/aromatic N) is 2. The molecule has 0 aliphatic heterocycles. The van der Waals surface area contributed by atoms with Crippen LogP contribution in [0, 0.1) is 0 Å². The lowest BCUT2D eigenvalue weighted by molar-refractivity contribution is 0.907. The van der Waals surface area contributed by atoms with Crippen molar-refractivity contribution in [3.05, 3.63) is 65.4 Å². The van der Waals surface area contributed by atoms with Crippen molar-refractivity contribution in [2.24, 2.45) is 0 Å². The molecule has 2 aromatic heterocycles. The molecule has 0 amide bonds. The molecule has 0 aliphatic rings. The zero-order valence-electron chi connectivity index (χ0n) is 10.7. The van der Waals surface area contributed by atoms with Gasteiger partial charge in [0.05, 0.1) is 12.4 Å². The summed E-state index contributed by atoms with van der Waals surface area (Å²) >= 11 is 1.77. The predicted molar refractivity (Wildman–Crippen MR) is 79.9 cm³/mol. The Morgan fingerprint density at radius 2 is 2.21 bits per heavy atom. The normalized spacial score (nSPS) is 12.3. The van der Waals surface area contributed by atoms with E-state index in [1.165, 1.54) is 4.88 Å². The number of imidazole rings is 1. The number of hydrogen-bond acceptors (Lipinski definition) is 3. The van der Waals surface area contributed by atoms with Gasteiger partial charge >= 0.3 is 0 Å². The molecular weight excluding hydrogens is 254 g/mol. The molecule has 0 saturated heterocycles. The summed E-state index contributed by atoms with van der Waals surface area (Å²) in [4.78, 5) is 5.41. The molecule has 0 bridgehead atoms. The second-order valence-electron chi connectivity index (χ2n) is 4.40. The van der Waals surface area contributed by atoms with Gasteiger partial charge in [0.1, 0.15) is 0 Å². The van der Waals surface area contributed by atoms with Gasteiger partial charge in [0.25, 0.3) is 0 Å². The Morgan fingerprint density at radius 3 is 2.95 bits per heavy atom. The monoisotopic (exact) mass is 269 g/mol. The molecule has 0 fully saturated rings. The third-order valence-corrected chi connectivity index (χ3v) is 4.06. The summed E-state index contributed by atoms with van der Waals surface area (Å²) in [5.41, 5.74) is 2.23. The van der Waals surface area contributed by atoms with Gasteiger partial charge in [-0.3, -0.25) is 0 Å². The molecule has 19 heavy (non-hydrogen) atoms. The first kappa shape index (κ1) is 12.0. The van der Waals surface area contributed by atoms with Crippen LogP contribution in [0.2, 0.25) is 0 Å². The topological polar surface area (TPSA) is 29.9 Å². The smallest absolute Gasteiger partial charge is 0.0991 e. The highest BCUT2D eigenvalue weighted by Crippen LogP contribution is 2.24. The molecule has 1 aromatic carbocycles. The fourth-order valence-corrected chi connectivity index (χ4v) is 2.76. The Kier molecular flexibility index (Phi) is 3.33. The highest BCUT2D eigenvalue weighted by molar-refractivity contribution is 7.10. The molecule has 1 unspecified atom stereocenters. The number of nitrogens with one attached hydrogen (secondary N) is 1. The van der Waals surface area contributed by atoms with E-state index in [-0.39, 0.29) is 0 Å². The summed E-state index contributed by atoms with van der Waals surface area (Å²) in [6, 6.07) is 12.9. The van der Waals surface area contributed by atoms with E-state index in [1.807, 2.05) is 17.1 Å². The number of aromatic nitrogens is 2. The maximum Gasteiger partial charge on any atom is 0.0991 e. The van der Waals surface area contributed by atoms with Gasteiger partial charge in [0.15, 0.2) is 0 Å². The summed E-state index contributed by atoms with van der Waals surface area (Å²) in [7, 11) is 0. The van der Waals surface area contributed by atoms with Crippen molar-refractivity contribution < 1.29 is 0 Å². The van der Waals surface area contributed by atoms with Crippen LogP contribution in [-0.4, -0.2) is 9.55 Å². The number of hydrogen-bond donors (Lipinski definition) is 1. The average Bonchev–Trinajstić information content (AvgIpc) is 3.13. The van der Waals surface area contributed by atoms with Crippen molar-refractivity contribution in [1.82, 2.24) is 9.55 Å². The largest absolute Gasteiger partial charge is 0.378 e. The second-order valence-corrected chi connectivity index (χ2v) is 5.38. The maximum absolute atomic E-state index is 4.07. The first-order chi connectivity index (χ1) is 9.33. The van der Waals surface area contributed by atoms with E-state index in [9.17, 15) is 0 Å². The molecule has 0 radical (unpaired) electrons. The SMILES string of the molecule is CC(Nc1cccc(-n2ccnc2)c1)c1cccs1. The first-order valence-corrected chi connectivity index (χ1v) is 7.09. The van der Waals surface area contributed by atoms with Gasteiger partial charge in [-0.2, -0.15) is 0 Å². The van der Waals surface area contributed by atoms with Crippen molar-refractivity contribution in [2.75, 3.05) is 5.32 Å². The van der Waals surface area contributed by atoms with E-state index in [0.29, 0.717) is 6.04 Å². The molecule has 2 heterocycles. The fraction of sp³-hybridized carbons (Fsp3) is 0.133. The van der Waals surface area contributed by atoms with Crippen LogP contribution in [0.15, 0.2) is 60.5 Å². The Bertz CT molecular complexity index is 629. The summed E-state index contributed by atoms with van der Waals surface area (Å²) in [6.07, 6.45) is 5.54. The molecule has 3 aromatic rings. The van der Waals surface area contributed by atoms with Gasteiger partial charge < -0.3 is 9.88 Å². The summed E-state index contributed by atoms with van der Waals surface area (Å²) in [5.74, 6) is 0. The van der Waals surface area contributed by atoms with Crippen molar-refractivity contribution in [2.45, 2.75) is 13.0 Å². The van der Waals surface area contributed by atoms with E-state index < -0.39 is 0 Å². The summed E-state index contributed by atoms with van der Waals surface area (Å²) < 4.78 is 2.00. The lowest BCUT2D eigenvalue weighted by Crippen LogP contribution is -2.05. The van der Waals surface area contributed by atoms with E-state index in [2.05, 4.69) is 59.0 Å².